The number of amides is 1. The lowest BCUT2D eigenvalue weighted by molar-refractivity contribution is 0.0996. The SMILES string of the molecule is CCOc1ncc(-c2ccc3c(n2)CN(c2cnn(CC)c2)C3=O)cc1OC. The van der Waals surface area contributed by atoms with Gasteiger partial charge in [-0.25, -0.2) is 4.98 Å². The van der Waals surface area contributed by atoms with Gasteiger partial charge in [0.2, 0.25) is 0 Å². The number of anilines is 1. The summed E-state index contributed by atoms with van der Waals surface area (Å²) in [6.45, 7) is 5.57. The molecule has 0 aromatic carbocycles. The number of carbonyl (C=O) groups is 1. The first-order valence-electron chi connectivity index (χ1n) is 9.16. The van der Waals surface area contributed by atoms with Crippen molar-refractivity contribution in [2.45, 2.75) is 26.9 Å². The lowest BCUT2D eigenvalue weighted by atomic mass is 10.1. The Labute approximate surface area is 162 Å². The number of rotatable bonds is 6. The summed E-state index contributed by atoms with van der Waals surface area (Å²) >= 11 is 0. The van der Waals surface area contributed by atoms with E-state index in [2.05, 4.69) is 10.1 Å². The predicted octanol–water partition coefficient (Wildman–Crippen LogP) is 2.93. The second kappa shape index (κ2) is 7.30. The first kappa shape index (κ1) is 18.0. The van der Waals surface area contributed by atoms with Gasteiger partial charge in [-0.3, -0.25) is 19.4 Å². The van der Waals surface area contributed by atoms with Crippen molar-refractivity contribution in [3.8, 4) is 22.9 Å². The summed E-state index contributed by atoms with van der Waals surface area (Å²) < 4.78 is 12.6. The summed E-state index contributed by atoms with van der Waals surface area (Å²) in [6, 6.07) is 5.48. The molecule has 1 amide bonds. The minimum atomic E-state index is -0.0629. The number of hydrogen-bond acceptors (Lipinski definition) is 6. The van der Waals surface area contributed by atoms with E-state index >= 15 is 0 Å². The van der Waals surface area contributed by atoms with Gasteiger partial charge in [-0.1, -0.05) is 0 Å². The quantitative estimate of drug-likeness (QED) is 0.655. The highest BCUT2D eigenvalue weighted by atomic mass is 16.5. The number of methoxy groups -OCH3 is 1. The third kappa shape index (κ3) is 3.06. The Hall–Kier alpha value is -3.42. The van der Waals surface area contributed by atoms with Crippen LogP contribution in [0.5, 0.6) is 11.6 Å². The molecule has 0 saturated carbocycles. The molecular formula is C20H21N5O3. The van der Waals surface area contributed by atoms with E-state index in [0.717, 1.165) is 29.2 Å². The maximum Gasteiger partial charge on any atom is 0.260 e. The van der Waals surface area contributed by atoms with Crippen LogP contribution in [0.3, 0.4) is 0 Å². The third-order valence-electron chi connectivity index (χ3n) is 4.63. The monoisotopic (exact) mass is 379 g/mol. The Bertz CT molecular complexity index is 1030. The summed E-state index contributed by atoms with van der Waals surface area (Å²) in [5.74, 6) is 0.933. The average Bonchev–Trinajstić information content (AvgIpc) is 3.32. The van der Waals surface area contributed by atoms with Crippen LogP contribution in [0.4, 0.5) is 5.69 Å². The van der Waals surface area contributed by atoms with E-state index in [9.17, 15) is 4.79 Å². The predicted molar refractivity (Wildman–Crippen MR) is 104 cm³/mol. The van der Waals surface area contributed by atoms with Gasteiger partial charge in [0.05, 0.1) is 49.1 Å². The van der Waals surface area contributed by atoms with Crippen LogP contribution in [0.1, 0.15) is 29.9 Å². The van der Waals surface area contributed by atoms with Gasteiger partial charge in [-0.05, 0) is 32.0 Å². The molecule has 0 N–H and O–H groups in total. The molecule has 4 rings (SSSR count). The summed E-state index contributed by atoms with van der Waals surface area (Å²) in [5.41, 5.74) is 3.65. The van der Waals surface area contributed by atoms with Crippen LogP contribution >= 0.6 is 0 Å². The zero-order chi connectivity index (χ0) is 19.7. The smallest absolute Gasteiger partial charge is 0.260 e. The molecule has 0 unspecified atom stereocenters. The molecule has 3 aromatic rings. The van der Waals surface area contributed by atoms with Crippen LogP contribution < -0.4 is 14.4 Å². The maximum atomic E-state index is 12.8. The van der Waals surface area contributed by atoms with Gasteiger partial charge in [0, 0.05) is 24.5 Å². The molecule has 0 radical (unpaired) electrons. The largest absolute Gasteiger partial charge is 0.491 e. The van der Waals surface area contributed by atoms with E-state index in [1.54, 1.807) is 29.1 Å². The molecule has 0 saturated heterocycles. The normalized spacial score (nSPS) is 13.0. The highest BCUT2D eigenvalue weighted by Crippen LogP contribution is 2.32. The van der Waals surface area contributed by atoms with Crippen LogP contribution in [-0.4, -0.2) is 39.4 Å². The Balaban J connectivity index is 1.64. The van der Waals surface area contributed by atoms with Crippen molar-refractivity contribution in [2.75, 3.05) is 18.6 Å². The highest BCUT2D eigenvalue weighted by Gasteiger charge is 2.30. The van der Waals surface area contributed by atoms with Crippen molar-refractivity contribution in [2.24, 2.45) is 0 Å². The summed E-state index contributed by atoms with van der Waals surface area (Å²) in [7, 11) is 1.58. The van der Waals surface area contributed by atoms with Gasteiger partial charge in [0.25, 0.3) is 11.8 Å². The number of fused-ring (bicyclic) bond motifs is 1. The van der Waals surface area contributed by atoms with Crippen LogP contribution in [0.25, 0.3) is 11.3 Å². The van der Waals surface area contributed by atoms with E-state index < -0.39 is 0 Å². The topological polar surface area (TPSA) is 82.4 Å². The van der Waals surface area contributed by atoms with E-state index in [-0.39, 0.29) is 5.91 Å². The van der Waals surface area contributed by atoms with Crippen LogP contribution in [0.15, 0.2) is 36.8 Å². The molecule has 8 nitrogen and oxygen atoms in total. The fourth-order valence-corrected chi connectivity index (χ4v) is 3.18. The van der Waals surface area contributed by atoms with E-state index in [0.29, 0.717) is 30.3 Å². The average molecular weight is 379 g/mol. The van der Waals surface area contributed by atoms with Crippen molar-refractivity contribution >= 4 is 11.6 Å². The molecule has 3 aromatic heterocycles. The lowest BCUT2D eigenvalue weighted by Crippen LogP contribution is -2.22. The molecule has 8 heteroatoms. The number of pyridine rings is 2. The highest BCUT2D eigenvalue weighted by molar-refractivity contribution is 6.09. The number of ether oxygens (including phenoxy) is 2. The first-order chi connectivity index (χ1) is 13.6. The summed E-state index contributed by atoms with van der Waals surface area (Å²) in [4.78, 5) is 23.5. The molecule has 0 atom stereocenters. The standard InChI is InChI=1S/C20H21N5O3/c1-4-24-11-14(10-22-24)25-12-17-15(20(25)26)6-7-16(23-17)13-8-18(27-3)19(21-9-13)28-5-2/h6-11H,4-5,12H2,1-3H3. The molecule has 144 valence electrons. The maximum absolute atomic E-state index is 12.8. The molecule has 0 aliphatic carbocycles. The molecule has 28 heavy (non-hydrogen) atoms. The van der Waals surface area contributed by atoms with Gasteiger partial charge < -0.3 is 9.47 Å². The molecule has 0 bridgehead atoms. The first-order valence-corrected chi connectivity index (χ1v) is 9.16. The Morgan fingerprint density at radius 1 is 1.21 bits per heavy atom. The molecular weight excluding hydrogens is 358 g/mol. The number of hydrogen-bond donors (Lipinski definition) is 0. The van der Waals surface area contributed by atoms with Gasteiger partial charge in [0.1, 0.15) is 0 Å². The van der Waals surface area contributed by atoms with Crippen LogP contribution in [0.2, 0.25) is 0 Å². The Morgan fingerprint density at radius 3 is 2.79 bits per heavy atom. The second-order valence-corrected chi connectivity index (χ2v) is 6.30. The van der Waals surface area contributed by atoms with Crippen molar-refractivity contribution in [1.82, 2.24) is 19.7 Å². The second-order valence-electron chi connectivity index (χ2n) is 6.30. The molecule has 1 aliphatic heterocycles. The fourth-order valence-electron chi connectivity index (χ4n) is 3.18. The zero-order valence-electron chi connectivity index (χ0n) is 16.0. The fraction of sp³-hybridized carbons (Fsp3) is 0.300. The number of nitrogens with zero attached hydrogens (tertiary/aromatic N) is 5. The number of aryl methyl sites for hydroxylation is 1. The van der Waals surface area contributed by atoms with Gasteiger partial charge >= 0.3 is 0 Å². The van der Waals surface area contributed by atoms with E-state index in [1.165, 1.54) is 0 Å². The van der Waals surface area contributed by atoms with Crippen LogP contribution in [-0.2, 0) is 13.1 Å². The van der Waals surface area contributed by atoms with E-state index in [4.69, 9.17) is 14.5 Å². The molecule has 1 aliphatic rings. The third-order valence-corrected chi connectivity index (χ3v) is 4.63. The molecule has 0 spiro atoms. The van der Waals surface area contributed by atoms with Gasteiger partial charge in [0.15, 0.2) is 5.75 Å². The van der Waals surface area contributed by atoms with Crippen LogP contribution in [0, 0.1) is 0 Å². The van der Waals surface area contributed by atoms with Gasteiger partial charge in [-0.15, -0.1) is 0 Å². The zero-order valence-corrected chi connectivity index (χ0v) is 16.0. The Morgan fingerprint density at radius 2 is 2.07 bits per heavy atom. The van der Waals surface area contributed by atoms with Crippen molar-refractivity contribution in [3.63, 3.8) is 0 Å². The number of carbonyl (C=O) groups excluding carboxylic acids is 1. The van der Waals surface area contributed by atoms with Crippen molar-refractivity contribution < 1.29 is 14.3 Å². The summed E-state index contributed by atoms with van der Waals surface area (Å²) in [6.07, 6.45) is 5.27. The Kier molecular flexibility index (Phi) is 4.68. The lowest BCUT2D eigenvalue weighted by Gasteiger charge is -2.11. The van der Waals surface area contributed by atoms with Crippen molar-refractivity contribution in [3.05, 3.63) is 48.0 Å². The summed E-state index contributed by atoms with van der Waals surface area (Å²) in [5, 5.41) is 4.25. The molecule has 0 fully saturated rings. The number of aromatic nitrogens is 4. The minimum absolute atomic E-state index is 0.0629. The van der Waals surface area contributed by atoms with Crippen molar-refractivity contribution in [1.29, 1.82) is 0 Å². The van der Waals surface area contributed by atoms with Gasteiger partial charge in [-0.2, -0.15) is 5.10 Å². The minimum Gasteiger partial charge on any atom is -0.491 e. The molecule has 4 heterocycles. The van der Waals surface area contributed by atoms with E-state index in [1.807, 2.05) is 38.2 Å².